The minimum Gasteiger partial charge on any atom is -0.389 e. The lowest BCUT2D eigenvalue weighted by atomic mass is 9.84. The van der Waals surface area contributed by atoms with Crippen molar-refractivity contribution in [2.75, 3.05) is 25.0 Å². The first kappa shape index (κ1) is 28.9. The van der Waals surface area contributed by atoms with E-state index in [0.717, 1.165) is 43.6 Å². The lowest BCUT2D eigenvalue weighted by Gasteiger charge is -2.46. The number of nitrogens with zero attached hydrogens (tertiary/aromatic N) is 3. The molecule has 0 bridgehead atoms. The van der Waals surface area contributed by atoms with E-state index in [9.17, 15) is 15.3 Å². The zero-order chi connectivity index (χ0) is 27.2. The monoisotopic (exact) mass is 539 g/mol. The summed E-state index contributed by atoms with van der Waals surface area (Å²) in [5.41, 5.74) is 25.4. The van der Waals surface area contributed by atoms with Crippen LogP contribution in [0.5, 0.6) is 0 Å². The van der Waals surface area contributed by atoms with Crippen LogP contribution >= 0.6 is 0 Å². The van der Waals surface area contributed by atoms with Gasteiger partial charge < -0.3 is 62.8 Å². The Kier molecular flexibility index (Phi) is 10.2. The highest BCUT2D eigenvalue weighted by Crippen LogP contribution is 2.28. The second-order valence-electron chi connectivity index (χ2n) is 9.99. The van der Waals surface area contributed by atoms with E-state index in [2.05, 4.69) is 25.3 Å². The van der Waals surface area contributed by atoms with E-state index in [1.54, 1.807) is 6.33 Å². The molecule has 1 saturated carbocycles. The first-order chi connectivity index (χ1) is 18.3. The fraction of sp³-hybridized carbons (Fsp3) is 0.783. The average Bonchev–Trinajstić information content (AvgIpc) is 3.40. The quantitative estimate of drug-likeness (QED) is 0.124. The number of aliphatic hydroxyl groups excluding tert-OH is 3. The second-order valence-corrected chi connectivity index (χ2v) is 9.99. The number of imidazole rings is 1. The Bertz CT molecular complexity index is 999. The van der Waals surface area contributed by atoms with Gasteiger partial charge in [-0.25, -0.2) is 15.0 Å². The lowest BCUT2D eigenvalue weighted by Crippen LogP contribution is -2.67. The highest BCUT2D eigenvalue weighted by atomic mass is 16.7. The number of aromatic amines is 1. The Morgan fingerprint density at radius 1 is 0.974 bits per heavy atom. The van der Waals surface area contributed by atoms with Gasteiger partial charge in [0, 0.05) is 31.8 Å². The molecule has 2 aromatic rings. The number of nitrogens with two attached hydrogens (primary N) is 4. The fourth-order valence-electron chi connectivity index (χ4n) is 4.99. The number of H-pyrrole nitrogens is 1. The maximum atomic E-state index is 10.9. The Hall–Kier alpha value is -2.05. The van der Waals surface area contributed by atoms with Gasteiger partial charge in [-0.2, -0.15) is 0 Å². The maximum absolute atomic E-state index is 10.9. The molecule has 0 radical (unpaired) electrons. The van der Waals surface area contributed by atoms with Crippen LogP contribution in [0.25, 0.3) is 11.2 Å². The number of hydrogen-bond donors (Lipinski definition) is 9. The molecule has 15 nitrogen and oxygen atoms in total. The smallest absolute Gasteiger partial charge is 0.182 e. The van der Waals surface area contributed by atoms with Gasteiger partial charge in [-0.15, -0.1) is 0 Å². The van der Waals surface area contributed by atoms with Gasteiger partial charge in [0.15, 0.2) is 17.8 Å². The van der Waals surface area contributed by atoms with E-state index in [1.165, 1.54) is 6.33 Å². The third-order valence-corrected chi connectivity index (χ3v) is 7.23. The molecule has 2 aromatic heterocycles. The third kappa shape index (κ3) is 6.56. The van der Waals surface area contributed by atoms with Crippen molar-refractivity contribution in [2.45, 2.75) is 93.1 Å². The highest BCUT2D eigenvalue weighted by molar-refractivity contribution is 5.81. The molecule has 4 rings (SSSR count). The predicted octanol–water partition coefficient (Wildman–Crippen LogP) is -2.75. The first-order valence-corrected chi connectivity index (χ1v) is 13.1. The summed E-state index contributed by atoms with van der Waals surface area (Å²) in [6.07, 6.45) is -0.0905. The largest absolute Gasteiger partial charge is 0.389 e. The second kappa shape index (κ2) is 13.3. The minimum absolute atomic E-state index is 0.0688. The van der Waals surface area contributed by atoms with Gasteiger partial charge in [0.2, 0.25) is 0 Å². The van der Waals surface area contributed by atoms with Crippen LogP contribution in [0.15, 0.2) is 12.7 Å². The highest BCUT2D eigenvalue weighted by Gasteiger charge is 2.48. The summed E-state index contributed by atoms with van der Waals surface area (Å²) in [5, 5.41) is 34.6. The molecule has 3 heterocycles. The van der Waals surface area contributed by atoms with Crippen LogP contribution in [0, 0.1) is 0 Å². The van der Waals surface area contributed by atoms with Crippen LogP contribution in [0.2, 0.25) is 0 Å². The van der Waals surface area contributed by atoms with E-state index in [1.807, 2.05) is 0 Å². The van der Waals surface area contributed by atoms with E-state index < -0.39 is 61.0 Å². The predicted molar refractivity (Wildman–Crippen MR) is 138 cm³/mol. The minimum atomic E-state index is -1.31. The van der Waals surface area contributed by atoms with Crippen LogP contribution in [0.4, 0.5) is 5.82 Å². The van der Waals surface area contributed by atoms with Crippen molar-refractivity contribution in [3.63, 3.8) is 0 Å². The van der Waals surface area contributed by atoms with Gasteiger partial charge in [0.05, 0.1) is 18.5 Å². The van der Waals surface area contributed by atoms with Crippen molar-refractivity contribution >= 4 is 17.0 Å². The average molecular weight is 540 g/mol. The summed E-state index contributed by atoms with van der Waals surface area (Å²) < 4.78 is 17.7. The third-order valence-electron chi connectivity index (χ3n) is 7.23. The number of ether oxygens (including phenoxy) is 3. The molecule has 1 saturated heterocycles. The number of anilines is 1. The molecular weight excluding hydrogens is 498 g/mol. The maximum Gasteiger partial charge on any atom is 0.182 e. The lowest BCUT2D eigenvalue weighted by molar-refractivity contribution is -0.293. The molecule has 1 aliphatic heterocycles. The summed E-state index contributed by atoms with van der Waals surface area (Å²) in [5.74, 6) is 0.730. The number of aliphatic hydroxyl groups is 3. The molecule has 10 atom stereocenters. The molecule has 0 spiro atoms. The number of hydrogen-bond acceptors (Lipinski definition) is 14. The SMILES string of the molecule is NC[C@H]1O[C@H](O[C@H]2[C@H](O)[C@@H](O)[C@H](N)C[C@@H]2N)[C@H](N)[C@@H](O)[C@@H]1OCCCCCCNc1ncnc2nc[nH]c12. The van der Waals surface area contributed by atoms with E-state index >= 15 is 0 Å². The topological polar surface area (TPSA) is 259 Å². The fourth-order valence-corrected chi connectivity index (χ4v) is 4.99. The Morgan fingerprint density at radius 3 is 2.55 bits per heavy atom. The number of aromatic nitrogens is 4. The number of nitrogens with one attached hydrogen (secondary N) is 2. The van der Waals surface area contributed by atoms with Crippen molar-refractivity contribution in [3.8, 4) is 0 Å². The molecule has 214 valence electrons. The molecule has 2 fully saturated rings. The van der Waals surface area contributed by atoms with E-state index in [0.29, 0.717) is 12.3 Å². The first-order valence-electron chi connectivity index (χ1n) is 13.1. The zero-order valence-electron chi connectivity index (χ0n) is 21.3. The summed E-state index contributed by atoms with van der Waals surface area (Å²) in [4.78, 5) is 15.5. The standard InChI is InChI=1S/C23H41N9O6/c24-8-13-20(17(34)14(27)23(37-13)38-19-12(26)7-11(25)16(33)18(19)35)36-6-4-2-1-3-5-28-21-15-22(30-9-29-15)32-10-31-21/h9-14,16-20,23,33-35H,1-8,24-27H2,(H2,28,29,30,31,32)/t11-,12+,13-,14-,16+,17-,18-,19-,20-,23-/m1/s1. The summed E-state index contributed by atoms with van der Waals surface area (Å²) >= 11 is 0. The van der Waals surface area contributed by atoms with Gasteiger partial charge in [-0.3, -0.25) is 0 Å². The Labute approximate surface area is 220 Å². The molecule has 13 N–H and O–H groups in total. The van der Waals surface area contributed by atoms with Crippen molar-refractivity contribution in [2.24, 2.45) is 22.9 Å². The Morgan fingerprint density at radius 2 is 1.76 bits per heavy atom. The zero-order valence-corrected chi connectivity index (χ0v) is 21.3. The van der Waals surface area contributed by atoms with Crippen LogP contribution < -0.4 is 28.3 Å². The molecule has 15 heteroatoms. The van der Waals surface area contributed by atoms with Crippen LogP contribution in [-0.2, 0) is 14.2 Å². The number of fused-ring (bicyclic) bond motifs is 1. The van der Waals surface area contributed by atoms with E-state index in [-0.39, 0.29) is 13.0 Å². The van der Waals surface area contributed by atoms with Gasteiger partial charge in [-0.05, 0) is 19.3 Å². The van der Waals surface area contributed by atoms with Crippen molar-refractivity contribution in [3.05, 3.63) is 12.7 Å². The Balaban J connectivity index is 1.17. The molecule has 38 heavy (non-hydrogen) atoms. The molecule has 0 aromatic carbocycles. The van der Waals surface area contributed by atoms with Gasteiger partial charge in [-0.1, -0.05) is 12.8 Å². The normalized spacial score (nSPS) is 36.0. The molecule has 0 unspecified atom stereocenters. The summed E-state index contributed by atoms with van der Waals surface area (Å²) in [6, 6.07) is -2.27. The molecule has 1 aliphatic carbocycles. The van der Waals surface area contributed by atoms with Gasteiger partial charge in [0.1, 0.15) is 42.4 Å². The molecule has 0 amide bonds. The van der Waals surface area contributed by atoms with Crippen LogP contribution in [0.1, 0.15) is 32.1 Å². The summed E-state index contributed by atoms with van der Waals surface area (Å²) in [6.45, 7) is 1.23. The van der Waals surface area contributed by atoms with Crippen LogP contribution in [0.3, 0.4) is 0 Å². The van der Waals surface area contributed by atoms with Crippen molar-refractivity contribution in [1.29, 1.82) is 0 Å². The molecule has 2 aliphatic rings. The van der Waals surface area contributed by atoms with Crippen LogP contribution in [-0.4, -0.2) is 116 Å². The number of unbranched alkanes of at least 4 members (excludes halogenated alkanes) is 3. The van der Waals surface area contributed by atoms with E-state index in [4.69, 9.17) is 37.1 Å². The number of rotatable bonds is 12. The summed E-state index contributed by atoms with van der Waals surface area (Å²) in [7, 11) is 0. The molecular formula is C23H41N9O6. The van der Waals surface area contributed by atoms with Crippen molar-refractivity contribution in [1.82, 2.24) is 19.9 Å². The van der Waals surface area contributed by atoms with Gasteiger partial charge >= 0.3 is 0 Å². The van der Waals surface area contributed by atoms with Crippen molar-refractivity contribution < 1.29 is 29.5 Å². The van der Waals surface area contributed by atoms with Gasteiger partial charge in [0.25, 0.3) is 0 Å².